The molecule has 1 aromatic rings. The fourth-order valence-electron chi connectivity index (χ4n) is 1.85. The summed E-state index contributed by atoms with van der Waals surface area (Å²) in [6, 6.07) is 8.00. The summed E-state index contributed by atoms with van der Waals surface area (Å²) in [4.78, 5) is 0. The van der Waals surface area contributed by atoms with E-state index in [1.807, 2.05) is 31.2 Å². The Morgan fingerprint density at radius 1 is 1.41 bits per heavy atom. The second-order valence-corrected chi connectivity index (χ2v) is 4.02. The Labute approximate surface area is 102 Å². The second kappa shape index (κ2) is 6.18. The quantitative estimate of drug-likeness (QED) is 0.847. The third-order valence-corrected chi connectivity index (χ3v) is 2.73. The van der Waals surface area contributed by atoms with Crippen LogP contribution in [-0.4, -0.2) is 19.3 Å². The lowest BCUT2D eigenvalue weighted by atomic mass is 10.1. The van der Waals surface area contributed by atoms with E-state index in [2.05, 4.69) is 11.4 Å². The minimum absolute atomic E-state index is 0.259. The van der Waals surface area contributed by atoms with Crippen molar-refractivity contribution in [3.05, 3.63) is 36.6 Å². The van der Waals surface area contributed by atoms with Crippen LogP contribution in [0, 0.1) is 0 Å². The molecule has 1 aromatic carbocycles. The molecule has 1 heterocycles. The summed E-state index contributed by atoms with van der Waals surface area (Å²) in [6.45, 7) is 3.49. The Balaban J connectivity index is 1.91. The van der Waals surface area contributed by atoms with Gasteiger partial charge in [0, 0.05) is 0 Å². The number of allylic oxidation sites excluding steroid dienone is 1. The van der Waals surface area contributed by atoms with Crippen molar-refractivity contribution in [3.63, 3.8) is 0 Å². The highest BCUT2D eigenvalue weighted by Gasteiger charge is 2.11. The number of anilines is 1. The molecule has 0 saturated carbocycles. The largest absolute Gasteiger partial charge is 0.497 e. The highest BCUT2D eigenvalue weighted by molar-refractivity contribution is 5.56. The first-order valence-electron chi connectivity index (χ1n) is 6.16. The molecule has 3 heteroatoms. The summed E-state index contributed by atoms with van der Waals surface area (Å²) in [5.41, 5.74) is 1.03. The van der Waals surface area contributed by atoms with E-state index in [0.717, 1.165) is 30.8 Å². The molecule has 0 aromatic heterocycles. The minimum atomic E-state index is 0.259. The lowest BCUT2D eigenvalue weighted by Gasteiger charge is -2.21. The molecule has 1 unspecified atom stereocenters. The standard InChI is InChI=1S/C14H19NO2/c1-2-16-14-9-4-3-8-13(14)15-11-12-7-5-6-10-17-12/h3-4,6,8-10,12,15H,2,5,7,11H2,1H3. The van der Waals surface area contributed by atoms with Gasteiger partial charge < -0.3 is 14.8 Å². The molecule has 1 N–H and O–H groups in total. The zero-order valence-electron chi connectivity index (χ0n) is 10.2. The van der Waals surface area contributed by atoms with Crippen LogP contribution in [0.5, 0.6) is 5.75 Å². The summed E-state index contributed by atoms with van der Waals surface area (Å²) < 4.78 is 11.1. The van der Waals surface area contributed by atoms with Gasteiger partial charge in [0.25, 0.3) is 0 Å². The molecule has 0 saturated heterocycles. The van der Waals surface area contributed by atoms with Crippen molar-refractivity contribution >= 4 is 5.69 Å². The van der Waals surface area contributed by atoms with Crippen molar-refractivity contribution in [2.75, 3.05) is 18.5 Å². The van der Waals surface area contributed by atoms with Crippen LogP contribution in [0.2, 0.25) is 0 Å². The Morgan fingerprint density at radius 2 is 2.29 bits per heavy atom. The van der Waals surface area contributed by atoms with Gasteiger partial charge in [0.15, 0.2) is 0 Å². The molecule has 1 atom stereocenters. The van der Waals surface area contributed by atoms with Crippen molar-refractivity contribution in [3.8, 4) is 5.75 Å². The predicted octanol–water partition coefficient (Wildman–Crippen LogP) is 3.19. The van der Waals surface area contributed by atoms with Crippen molar-refractivity contribution in [2.45, 2.75) is 25.9 Å². The van der Waals surface area contributed by atoms with Gasteiger partial charge in [0.2, 0.25) is 0 Å². The lowest BCUT2D eigenvalue weighted by Crippen LogP contribution is -2.23. The normalized spacial score (nSPS) is 18.5. The Bertz CT molecular complexity index is 376. The molecule has 0 radical (unpaired) electrons. The van der Waals surface area contributed by atoms with Gasteiger partial charge in [-0.05, 0) is 38.0 Å². The molecule has 0 fully saturated rings. The fraction of sp³-hybridized carbons (Fsp3) is 0.429. The number of hydrogen-bond acceptors (Lipinski definition) is 3. The third kappa shape index (κ3) is 3.41. The first-order chi connectivity index (χ1) is 8.40. The topological polar surface area (TPSA) is 30.5 Å². The van der Waals surface area contributed by atoms with E-state index >= 15 is 0 Å². The van der Waals surface area contributed by atoms with E-state index in [1.165, 1.54) is 0 Å². The molecular formula is C14H19NO2. The van der Waals surface area contributed by atoms with Crippen molar-refractivity contribution in [2.24, 2.45) is 0 Å². The van der Waals surface area contributed by atoms with Crippen LogP contribution in [0.3, 0.4) is 0 Å². The van der Waals surface area contributed by atoms with Gasteiger partial charge >= 0.3 is 0 Å². The number of rotatable bonds is 5. The van der Waals surface area contributed by atoms with Crippen molar-refractivity contribution in [1.82, 2.24) is 0 Å². The molecule has 3 nitrogen and oxygen atoms in total. The predicted molar refractivity (Wildman–Crippen MR) is 69.3 cm³/mol. The zero-order valence-corrected chi connectivity index (χ0v) is 10.2. The number of hydrogen-bond donors (Lipinski definition) is 1. The Kier molecular flexibility index (Phi) is 4.30. The van der Waals surface area contributed by atoms with Crippen LogP contribution in [0.15, 0.2) is 36.6 Å². The summed E-state index contributed by atoms with van der Waals surface area (Å²) in [7, 11) is 0. The molecule has 0 aliphatic carbocycles. The van der Waals surface area contributed by atoms with E-state index < -0.39 is 0 Å². The van der Waals surface area contributed by atoms with Crippen LogP contribution in [0.1, 0.15) is 19.8 Å². The maximum atomic E-state index is 5.56. The molecule has 1 aliphatic rings. The van der Waals surface area contributed by atoms with Gasteiger partial charge in [0.1, 0.15) is 11.9 Å². The average molecular weight is 233 g/mol. The van der Waals surface area contributed by atoms with Gasteiger partial charge in [-0.25, -0.2) is 0 Å². The fourth-order valence-corrected chi connectivity index (χ4v) is 1.85. The van der Waals surface area contributed by atoms with E-state index in [0.29, 0.717) is 6.61 Å². The highest BCUT2D eigenvalue weighted by atomic mass is 16.5. The summed E-state index contributed by atoms with van der Waals surface area (Å²) in [5.74, 6) is 0.904. The summed E-state index contributed by atoms with van der Waals surface area (Å²) >= 11 is 0. The van der Waals surface area contributed by atoms with E-state index in [1.54, 1.807) is 6.26 Å². The maximum Gasteiger partial charge on any atom is 0.142 e. The molecule has 0 spiro atoms. The van der Waals surface area contributed by atoms with E-state index in [4.69, 9.17) is 9.47 Å². The molecule has 17 heavy (non-hydrogen) atoms. The maximum absolute atomic E-state index is 5.56. The molecule has 0 bridgehead atoms. The third-order valence-electron chi connectivity index (χ3n) is 2.73. The van der Waals surface area contributed by atoms with Crippen LogP contribution >= 0.6 is 0 Å². The average Bonchev–Trinajstić information content (AvgIpc) is 2.39. The van der Waals surface area contributed by atoms with Crippen LogP contribution in [-0.2, 0) is 4.74 Å². The van der Waals surface area contributed by atoms with Gasteiger partial charge in [-0.15, -0.1) is 0 Å². The van der Waals surface area contributed by atoms with E-state index in [9.17, 15) is 0 Å². The molecule has 92 valence electrons. The van der Waals surface area contributed by atoms with Gasteiger partial charge in [-0.3, -0.25) is 0 Å². The molecule has 0 amide bonds. The first kappa shape index (κ1) is 11.8. The highest BCUT2D eigenvalue weighted by Crippen LogP contribution is 2.24. The van der Waals surface area contributed by atoms with Crippen molar-refractivity contribution in [1.29, 1.82) is 0 Å². The SMILES string of the molecule is CCOc1ccccc1NCC1CCC=CO1. The first-order valence-corrected chi connectivity index (χ1v) is 6.16. The van der Waals surface area contributed by atoms with Gasteiger partial charge in [0.05, 0.1) is 25.1 Å². The summed E-state index contributed by atoms with van der Waals surface area (Å²) in [6.07, 6.45) is 6.28. The number of nitrogens with one attached hydrogen (secondary N) is 1. The minimum Gasteiger partial charge on any atom is -0.497 e. The lowest BCUT2D eigenvalue weighted by molar-refractivity contribution is 0.135. The Hall–Kier alpha value is -1.64. The zero-order chi connectivity index (χ0) is 11.9. The van der Waals surface area contributed by atoms with Crippen LogP contribution in [0.4, 0.5) is 5.69 Å². The van der Waals surface area contributed by atoms with Crippen LogP contribution < -0.4 is 10.1 Å². The Morgan fingerprint density at radius 3 is 3.06 bits per heavy atom. The molecule has 2 rings (SSSR count). The second-order valence-electron chi connectivity index (χ2n) is 4.02. The molecular weight excluding hydrogens is 214 g/mol. The van der Waals surface area contributed by atoms with Crippen LogP contribution in [0.25, 0.3) is 0 Å². The number of ether oxygens (including phenoxy) is 2. The molecule has 1 aliphatic heterocycles. The number of para-hydroxylation sites is 2. The monoisotopic (exact) mass is 233 g/mol. The summed E-state index contributed by atoms with van der Waals surface area (Å²) in [5, 5.41) is 3.38. The van der Waals surface area contributed by atoms with Gasteiger partial charge in [-0.2, -0.15) is 0 Å². The van der Waals surface area contributed by atoms with Gasteiger partial charge in [-0.1, -0.05) is 12.1 Å². The smallest absolute Gasteiger partial charge is 0.142 e. The number of benzene rings is 1. The van der Waals surface area contributed by atoms with Crippen molar-refractivity contribution < 1.29 is 9.47 Å². The van der Waals surface area contributed by atoms with E-state index in [-0.39, 0.29) is 6.10 Å².